The van der Waals surface area contributed by atoms with Crippen LogP contribution in [0.1, 0.15) is 18.1 Å². The first-order valence-electron chi connectivity index (χ1n) is 8.27. The monoisotopic (exact) mass is 359 g/mol. The lowest BCUT2D eigenvalue weighted by atomic mass is 10.1. The summed E-state index contributed by atoms with van der Waals surface area (Å²) in [5, 5.41) is 2.63. The summed E-state index contributed by atoms with van der Waals surface area (Å²) in [5.74, 6) is -1.35. The first kappa shape index (κ1) is 19.6. The fourth-order valence-corrected chi connectivity index (χ4v) is 2.35. The summed E-state index contributed by atoms with van der Waals surface area (Å²) < 4.78 is 23.3. The normalized spacial score (nSPS) is 12.9. The number of hydrogen-bond donors (Lipinski definition) is 1. The van der Waals surface area contributed by atoms with E-state index in [9.17, 15) is 14.0 Å². The summed E-state index contributed by atoms with van der Waals surface area (Å²) in [6.45, 7) is 1.90. The summed E-state index contributed by atoms with van der Waals surface area (Å²) in [6.07, 6.45) is -0.542. The Bertz CT molecular complexity index is 718. The molecule has 1 amide bonds. The number of carbonyl (C=O) groups excluding carboxylic acids is 2. The minimum absolute atomic E-state index is 0.199. The molecule has 2 aromatic carbocycles. The van der Waals surface area contributed by atoms with Crippen molar-refractivity contribution in [1.29, 1.82) is 0 Å². The van der Waals surface area contributed by atoms with Crippen LogP contribution in [-0.2, 0) is 32.1 Å². The molecule has 0 aliphatic heterocycles. The van der Waals surface area contributed by atoms with Gasteiger partial charge in [-0.25, -0.2) is 9.18 Å². The third kappa shape index (κ3) is 5.97. The number of benzene rings is 2. The van der Waals surface area contributed by atoms with Gasteiger partial charge in [0.1, 0.15) is 18.0 Å². The van der Waals surface area contributed by atoms with Gasteiger partial charge in [-0.3, -0.25) is 4.79 Å². The average Bonchev–Trinajstić information content (AvgIpc) is 2.67. The maximum absolute atomic E-state index is 13.0. The van der Waals surface area contributed by atoms with E-state index in [1.54, 1.807) is 19.1 Å². The van der Waals surface area contributed by atoms with E-state index in [4.69, 9.17) is 9.47 Å². The number of amides is 1. The molecule has 0 aliphatic rings. The maximum atomic E-state index is 13.0. The molecular weight excluding hydrogens is 337 g/mol. The third-order valence-electron chi connectivity index (χ3n) is 3.87. The largest absolute Gasteiger partial charge is 0.467 e. The number of halogens is 1. The van der Waals surface area contributed by atoms with Gasteiger partial charge in [0.15, 0.2) is 0 Å². The van der Waals surface area contributed by atoms with Gasteiger partial charge in [0.25, 0.3) is 0 Å². The Morgan fingerprint density at radius 2 is 1.69 bits per heavy atom. The Kier molecular flexibility index (Phi) is 7.29. The van der Waals surface area contributed by atoms with Crippen LogP contribution in [0.2, 0.25) is 0 Å². The van der Waals surface area contributed by atoms with E-state index in [0.717, 1.165) is 5.56 Å². The molecule has 0 radical (unpaired) electrons. The molecule has 0 saturated carbocycles. The molecular formula is C20H22FNO4. The standard InChI is InChI=1S/C20H22FNO4/c1-14(26-13-16-6-4-3-5-7-16)19(23)22-18(20(24)25-2)12-15-8-10-17(21)11-9-15/h3-11,14,18H,12-13H2,1-2H3,(H,22,23). The second-order valence-corrected chi connectivity index (χ2v) is 5.85. The van der Waals surface area contributed by atoms with Crippen LogP contribution in [0.4, 0.5) is 4.39 Å². The average molecular weight is 359 g/mol. The number of esters is 1. The Labute approximate surface area is 152 Å². The summed E-state index contributed by atoms with van der Waals surface area (Å²) >= 11 is 0. The SMILES string of the molecule is COC(=O)C(Cc1ccc(F)cc1)NC(=O)C(C)OCc1ccccc1. The van der Waals surface area contributed by atoms with Crippen molar-refractivity contribution in [2.45, 2.75) is 32.1 Å². The van der Waals surface area contributed by atoms with Crippen LogP contribution >= 0.6 is 0 Å². The molecule has 2 rings (SSSR count). The van der Waals surface area contributed by atoms with Crippen LogP contribution in [0.15, 0.2) is 54.6 Å². The zero-order valence-electron chi connectivity index (χ0n) is 14.8. The van der Waals surface area contributed by atoms with Gasteiger partial charge in [0.2, 0.25) is 5.91 Å². The predicted molar refractivity (Wildman–Crippen MR) is 94.7 cm³/mol. The molecule has 0 saturated heterocycles. The minimum Gasteiger partial charge on any atom is -0.467 e. The molecule has 0 fully saturated rings. The fourth-order valence-electron chi connectivity index (χ4n) is 2.35. The van der Waals surface area contributed by atoms with Crippen molar-refractivity contribution in [2.24, 2.45) is 0 Å². The van der Waals surface area contributed by atoms with Crippen molar-refractivity contribution >= 4 is 11.9 Å². The van der Waals surface area contributed by atoms with E-state index in [1.807, 2.05) is 30.3 Å². The van der Waals surface area contributed by atoms with Gasteiger partial charge in [-0.1, -0.05) is 42.5 Å². The highest BCUT2D eigenvalue weighted by Gasteiger charge is 2.25. The molecule has 5 nitrogen and oxygen atoms in total. The molecule has 2 aromatic rings. The molecule has 0 heterocycles. The van der Waals surface area contributed by atoms with Crippen molar-refractivity contribution in [3.8, 4) is 0 Å². The van der Waals surface area contributed by atoms with Gasteiger partial charge in [-0.2, -0.15) is 0 Å². The first-order valence-corrected chi connectivity index (χ1v) is 8.27. The highest BCUT2D eigenvalue weighted by Crippen LogP contribution is 2.08. The lowest BCUT2D eigenvalue weighted by Crippen LogP contribution is -2.47. The molecule has 1 N–H and O–H groups in total. The Morgan fingerprint density at radius 1 is 1.04 bits per heavy atom. The van der Waals surface area contributed by atoms with Gasteiger partial charge in [-0.05, 0) is 30.2 Å². The molecule has 138 valence electrons. The van der Waals surface area contributed by atoms with Crippen molar-refractivity contribution in [2.75, 3.05) is 7.11 Å². The molecule has 0 aliphatic carbocycles. The quantitative estimate of drug-likeness (QED) is 0.736. The molecule has 0 spiro atoms. The van der Waals surface area contributed by atoms with Crippen LogP contribution in [0.3, 0.4) is 0 Å². The number of hydrogen-bond acceptors (Lipinski definition) is 4. The molecule has 6 heteroatoms. The maximum Gasteiger partial charge on any atom is 0.328 e. The van der Waals surface area contributed by atoms with Crippen LogP contribution in [-0.4, -0.2) is 31.1 Å². The Hall–Kier alpha value is -2.73. The number of nitrogens with one attached hydrogen (secondary N) is 1. The van der Waals surface area contributed by atoms with Crippen LogP contribution < -0.4 is 5.32 Å². The highest BCUT2D eigenvalue weighted by molar-refractivity contribution is 5.86. The minimum atomic E-state index is -0.874. The van der Waals surface area contributed by atoms with E-state index >= 15 is 0 Å². The van der Waals surface area contributed by atoms with Gasteiger partial charge in [0, 0.05) is 6.42 Å². The second-order valence-electron chi connectivity index (χ2n) is 5.85. The smallest absolute Gasteiger partial charge is 0.328 e. The molecule has 26 heavy (non-hydrogen) atoms. The molecule has 2 atom stereocenters. The zero-order chi connectivity index (χ0) is 18.9. The highest BCUT2D eigenvalue weighted by atomic mass is 19.1. The summed E-state index contributed by atoms with van der Waals surface area (Å²) in [5.41, 5.74) is 1.66. The number of rotatable bonds is 8. The van der Waals surface area contributed by atoms with Gasteiger partial charge < -0.3 is 14.8 Å². The molecule has 2 unspecified atom stereocenters. The van der Waals surface area contributed by atoms with E-state index in [1.165, 1.54) is 19.2 Å². The van der Waals surface area contributed by atoms with Crippen molar-refractivity contribution < 1.29 is 23.5 Å². The zero-order valence-corrected chi connectivity index (χ0v) is 14.8. The van der Waals surface area contributed by atoms with Crippen LogP contribution in [0.25, 0.3) is 0 Å². The van der Waals surface area contributed by atoms with E-state index in [-0.39, 0.29) is 18.8 Å². The van der Waals surface area contributed by atoms with Gasteiger partial charge >= 0.3 is 5.97 Å². The summed E-state index contributed by atoms with van der Waals surface area (Å²) in [6, 6.07) is 14.3. The lowest BCUT2D eigenvalue weighted by molar-refractivity contribution is -0.147. The second kappa shape index (κ2) is 9.68. The first-order chi connectivity index (χ1) is 12.5. The van der Waals surface area contributed by atoms with E-state index < -0.39 is 24.0 Å². The van der Waals surface area contributed by atoms with Crippen molar-refractivity contribution in [1.82, 2.24) is 5.32 Å². The summed E-state index contributed by atoms with van der Waals surface area (Å²) in [7, 11) is 1.25. The number of ether oxygens (including phenoxy) is 2. The van der Waals surface area contributed by atoms with E-state index in [2.05, 4.69) is 5.32 Å². The third-order valence-corrected chi connectivity index (χ3v) is 3.87. The lowest BCUT2D eigenvalue weighted by Gasteiger charge is -2.19. The molecule has 0 aromatic heterocycles. The topological polar surface area (TPSA) is 64.6 Å². The summed E-state index contributed by atoms with van der Waals surface area (Å²) in [4.78, 5) is 24.3. The molecule has 0 bridgehead atoms. The Balaban J connectivity index is 1.94. The predicted octanol–water partition coefficient (Wildman–Crippen LogP) is 2.63. The van der Waals surface area contributed by atoms with Gasteiger partial charge in [0.05, 0.1) is 13.7 Å². The number of carbonyl (C=O) groups is 2. The van der Waals surface area contributed by atoms with Crippen molar-refractivity contribution in [3.05, 3.63) is 71.5 Å². The van der Waals surface area contributed by atoms with E-state index in [0.29, 0.717) is 5.56 Å². The van der Waals surface area contributed by atoms with Crippen LogP contribution in [0.5, 0.6) is 0 Å². The van der Waals surface area contributed by atoms with Crippen molar-refractivity contribution in [3.63, 3.8) is 0 Å². The van der Waals surface area contributed by atoms with Crippen LogP contribution in [0, 0.1) is 5.82 Å². The Morgan fingerprint density at radius 3 is 2.31 bits per heavy atom. The van der Waals surface area contributed by atoms with Gasteiger partial charge in [-0.15, -0.1) is 0 Å². The fraction of sp³-hybridized carbons (Fsp3) is 0.300. The number of methoxy groups -OCH3 is 1.